The molecule has 1 heterocycles. The van der Waals surface area contributed by atoms with Crippen LogP contribution in [0.4, 0.5) is 26.3 Å². The quantitative estimate of drug-likeness (QED) is 0.318. The first-order valence-corrected chi connectivity index (χ1v) is 11.6. The number of rotatable bonds is 8. The van der Waals surface area contributed by atoms with Crippen molar-refractivity contribution in [3.8, 4) is 10.4 Å². The molecule has 0 atom stereocenters. The van der Waals surface area contributed by atoms with Crippen LogP contribution in [-0.4, -0.2) is 27.7 Å². The van der Waals surface area contributed by atoms with Crippen molar-refractivity contribution in [3.05, 3.63) is 81.2 Å². The third-order valence-corrected chi connectivity index (χ3v) is 6.96. The van der Waals surface area contributed by atoms with Gasteiger partial charge in [0.1, 0.15) is 0 Å². The van der Waals surface area contributed by atoms with Crippen LogP contribution in [0.25, 0.3) is 10.4 Å². The molecule has 10 heteroatoms. The molecule has 190 valence electrons. The van der Waals surface area contributed by atoms with Crippen LogP contribution in [0, 0.1) is 0 Å². The maximum atomic E-state index is 13.7. The Balaban J connectivity index is 1.99. The fourth-order valence-electron chi connectivity index (χ4n) is 4.04. The van der Waals surface area contributed by atoms with Crippen molar-refractivity contribution in [1.29, 1.82) is 0 Å². The normalized spacial score (nSPS) is 12.9. The highest BCUT2D eigenvalue weighted by molar-refractivity contribution is 7.13. The predicted octanol–water partition coefficient (Wildman–Crippen LogP) is 6.06. The second-order valence-corrected chi connectivity index (χ2v) is 9.05. The Hall–Kier alpha value is -2.40. The summed E-state index contributed by atoms with van der Waals surface area (Å²) in [7, 11) is 0. The van der Waals surface area contributed by atoms with E-state index < -0.39 is 23.5 Å². The maximum Gasteiger partial charge on any atom is 0.430 e. The minimum atomic E-state index is -5.98. The van der Waals surface area contributed by atoms with Gasteiger partial charge in [-0.15, -0.1) is 11.3 Å². The fraction of sp³-hybridized carbons (Fsp3) is 0.360. The highest BCUT2D eigenvalue weighted by Gasteiger charge is 2.72. The van der Waals surface area contributed by atoms with Crippen LogP contribution in [0.5, 0.6) is 0 Å². The van der Waals surface area contributed by atoms with E-state index in [0.717, 1.165) is 29.0 Å². The monoisotopic (exact) mass is 518 g/mol. The summed E-state index contributed by atoms with van der Waals surface area (Å²) in [6, 6.07) is 10.5. The molecule has 0 aliphatic carbocycles. The molecule has 3 rings (SSSR count). The van der Waals surface area contributed by atoms with E-state index in [0.29, 0.717) is 29.5 Å². The van der Waals surface area contributed by atoms with E-state index in [1.54, 1.807) is 23.6 Å². The number of benzene rings is 2. The number of hydrogen-bond donors (Lipinski definition) is 3. The van der Waals surface area contributed by atoms with Crippen molar-refractivity contribution in [2.45, 2.75) is 57.4 Å². The molecule has 1 aromatic heterocycles. The van der Waals surface area contributed by atoms with Crippen LogP contribution < -0.4 is 0 Å². The Kier molecular flexibility index (Phi) is 8.00. The Labute approximate surface area is 202 Å². The van der Waals surface area contributed by atoms with Gasteiger partial charge in [-0.3, -0.25) is 0 Å². The second-order valence-electron chi connectivity index (χ2n) is 8.14. The summed E-state index contributed by atoms with van der Waals surface area (Å²) < 4.78 is 82.4. The number of alkyl halides is 6. The Morgan fingerprint density at radius 1 is 0.771 bits per heavy atom. The van der Waals surface area contributed by atoms with Gasteiger partial charge < -0.3 is 15.3 Å². The number of aliphatic hydroxyl groups excluding tert-OH is 2. The van der Waals surface area contributed by atoms with Crippen LogP contribution >= 0.6 is 11.3 Å². The number of aryl methyl sites for hydroxylation is 3. The first-order valence-electron chi connectivity index (χ1n) is 10.8. The average Bonchev–Trinajstić information content (AvgIpc) is 3.28. The van der Waals surface area contributed by atoms with E-state index in [1.807, 2.05) is 0 Å². The molecule has 0 saturated carbocycles. The summed E-state index contributed by atoms with van der Waals surface area (Å²) in [6.07, 6.45) is -11.1. The molecule has 0 fully saturated rings. The van der Waals surface area contributed by atoms with E-state index in [2.05, 4.69) is 0 Å². The van der Waals surface area contributed by atoms with Gasteiger partial charge in [-0.25, -0.2) is 0 Å². The predicted molar refractivity (Wildman–Crippen MR) is 121 cm³/mol. The molecular formula is C25H24F6O3S. The van der Waals surface area contributed by atoms with Gasteiger partial charge in [0.25, 0.3) is 5.60 Å². The fourth-order valence-corrected chi connectivity index (χ4v) is 5.03. The molecule has 0 aliphatic rings. The van der Waals surface area contributed by atoms with Crippen molar-refractivity contribution < 1.29 is 41.7 Å². The van der Waals surface area contributed by atoms with E-state index in [-0.39, 0.29) is 35.6 Å². The number of aliphatic hydroxyl groups is 3. The lowest BCUT2D eigenvalue weighted by atomic mass is 9.83. The van der Waals surface area contributed by atoms with Crippen LogP contribution in [0.15, 0.2) is 47.8 Å². The Morgan fingerprint density at radius 3 is 1.97 bits per heavy atom. The molecule has 0 bridgehead atoms. The average molecular weight is 519 g/mol. The van der Waals surface area contributed by atoms with Crippen LogP contribution in [0.3, 0.4) is 0 Å². The number of thiophene rings is 1. The molecule has 0 radical (unpaired) electrons. The first kappa shape index (κ1) is 27.2. The van der Waals surface area contributed by atoms with Crippen LogP contribution in [0.1, 0.15) is 40.3 Å². The molecule has 3 N–H and O–H groups in total. The van der Waals surface area contributed by atoms with Crippen molar-refractivity contribution >= 4 is 11.3 Å². The smallest absolute Gasteiger partial charge is 0.392 e. The van der Waals surface area contributed by atoms with Gasteiger partial charge in [0.2, 0.25) is 0 Å². The SMILES string of the molecule is CCc1cccc(-c2cc(CCc3ccc(CO)c(CO)c3)cs2)c1C(O)(C(F)(F)F)C(F)(F)F. The van der Waals surface area contributed by atoms with E-state index in [4.69, 9.17) is 0 Å². The van der Waals surface area contributed by atoms with E-state index >= 15 is 0 Å². The summed E-state index contributed by atoms with van der Waals surface area (Å²) in [6.45, 7) is 0.966. The zero-order chi connectivity index (χ0) is 26.0. The van der Waals surface area contributed by atoms with Gasteiger partial charge in [-0.2, -0.15) is 26.3 Å². The van der Waals surface area contributed by atoms with Gasteiger partial charge in [-0.1, -0.05) is 43.3 Å². The van der Waals surface area contributed by atoms with Gasteiger partial charge in [0.15, 0.2) is 0 Å². The van der Waals surface area contributed by atoms with Gasteiger partial charge >= 0.3 is 12.4 Å². The van der Waals surface area contributed by atoms with Crippen molar-refractivity contribution in [1.82, 2.24) is 0 Å². The molecule has 0 amide bonds. The largest absolute Gasteiger partial charge is 0.430 e. The summed E-state index contributed by atoms with van der Waals surface area (Å²) in [5.74, 6) is 0. The Morgan fingerprint density at radius 2 is 1.40 bits per heavy atom. The zero-order valence-electron chi connectivity index (χ0n) is 18.7. The lowest BCUT2D eigenvalue weighted by Crippen LogP contribution is -2.54. The standard InChI is InChI=1S/C25H24F6O3S/c1-2-17-4-3-5-20(22(17)23(34,24(26,27)28)25(29,30)31)21-11-16(14-35-21)7-6-15-8-9-18(12-32)19(10-15)13-33/h3-5,8-11,14,32-34H,2,6-7,12-13H2,1H3. The van der Waals surface area contributed by atoms with Crippen molar-refractivity contribution in [2.24, 2.45) is 0 Å². The summed E-state index contributed by atoms with van der Waals surface area (Å²) in [5, 5.41) is 30.6. The lowest BCUT2D eigenvalue weighted by molar-refractivity contribution is -0.376. The van der Waals surface area contributed by atoms with Gasteiger partial charge in [-0.05, 0) is 64.1 Å². The van der Waals surface area contributed by atoms with E-state index in [1.165, 1.54) is 19.1 Å². The maximum absolute atomic E-state index is 13.7. The third kappa shape index (κ3) is 5.25. The number of halogens is 6. The zero-order valence-corrected chi connectivity index (χ0v) is 19.5. The number of hydrogen-bond acceptors (Lipinski definition) is 4. The van der Waals surface area contributed by atoms with Crippen LogP contribution in [-0.2, 0) is 38.1 Å². The van der Waals surface area contributed by atoms with E-state index in [9.17, 15) is 41.7 Å². The topological polar surface area (TPSA) is 60.7 Å². The molecule has 3 nitrogen and oxygen atoms in total. The van der Waals surface area contributed by atoms with Gasteiger partial charge in [0, 0.05) is 10.4 Å². The first-order chi connectivity index (χ1) is 16.4. The molecule has 2 aromatic carbocycles. The van der Waals surface area contributed by atoms with Crippen molar-refractivity contribution in [3.63, 3.8) is 0 Å². The molecule has 0 unspecified atom stereocenters. The molecule has 0 aliphatic heterocycles. The summed E-state index contributed by atoms with van der Waals surface area (Å²) >= 11 is 1.00. The minimum absolute atomic E-state index is 0.132. The molecular weight excluding hydrogens is 494 g/mol. The van der Waals surface area contributed by atoms with Crippen molar-refractivity contribution in [2.75, 3.05) is 0 Å². The highest BCUT2D eigenvalue weighted by Crippen LogP contribution is 2.53. The lowest BCUT2D eigenvalue weighted by Gasteiger charge is -2.35. The molecule has 3 aromatic rings. The summed E-state index contributed by atoms with van der Waals surface area (Å²) in [4.78, 5) is 0.184. The molecule has 0 saturated heterocycles. The molecule has 35 heavy (non-hydrogen) atoms. The van der Waals surface area contributed by atoms with Gasteiger partial charge in [0.05, 0.1) is 13.2 Å². The highest BCUT2D eigenvalue weighted by atomic mass is 32.1. The minimum Gasteiger partial charge on any atom is -0.392 e. The van der Waals surface area contributed by atoms with Crippen LogP contribution in [0.2, 0.25) is 0 Å². The second kappa shape index (κ2) is 10.3. The third-order valence-electron chi connectivity index (χ3n) is 5.95. The summed E-state index contributed by atoms with van der Waals surface area (Å²) in [5.41, 5.74) is -4.02. The Bertz CT molecular complexity index is 1150. The molecule has 0 spiro atoms.